The molecule has 25 heteroatoms. The predicted molar refractivity (Wildman–Crippen MR) is 197 cm³/mol. The van der Waals surface area contributed by atoms with Gasteiger partial charge in [0.15, 0.2) is 29.1 Å². The topological polar surface area (TPSA) is 213 Å². The van der Waals surface area contributed by atoms with Crippen molar-refractivity contribution < 1.29 is 61.0 Å². The van der Waals surface area contributed by atoms with Crippen LogP contribution in [0.25, 0.3) is 0 Å². The van der Waals surface area contributed by atoms with E-state index in [4.69, 9.17) is 9.68 Å². The van der Waals surface area contributed by atoms with Crippen LogP contribution >= 0.6 is 15.9 Å². The maximum Gasteiger partial charge on any atom is 0.322 e. The van der Waals surface area contributed by atoms with E-state index >= 15 is 0 Å². The highest BCUT2D eigenvalue weighted by molar-refractivity contribution is 9.10. The molecule has 0 fully saturated rings. The van der Waals surface area contributed by atoms with E-state index in [1.165, 1.54) is 39.3 Å². The Bertz CT molecular complexity index is 2380. The third kappa shape index (κ3) is 8.21. The number of carbonyl (C=O) groups excluding carboxylic acids is 4. The van der Waals surface area contributed by atoms with Crippen molar-refractivity contribution in [2.24, 2.45) is 0 Å². The molecule has 0 aliphatic carbocycles. The zero-order valence-electron chi connectivity index (χ0n) is 31.6. The van der Waals surface area contributed by atoms with Crippen LogP contribution in [0.4, 0.5) is 42.9 Å². The van der Waals surface area contributed by atoms with Crippen LogP contribution in [0.1, 0.15) is 43.5 Å². The zero-order chi connectivity index (χ0) is 43.2. The molecule has 0 saturated heterocycles. The molecule has 320 valence electrons. The lowest BCUT2D eigenvalue weighted by atomic mass is 10.1. The molecule has 0 bridgehead atoms. The number of fused-ring (bicyclic) bond motifs is 6. The molecule has 0 saturated carbocycles. The summed E-state index contributed by atoms with van der Waals surface area (Å²) in [4.78, 5) is 67.9. The number of aliphatic hydroxyl groups excluding tert-OH is 2. The third-order valence-corrected chi connectivity index (χ3v) is 10.4. The van der Waals surface area contributed by atoms with Crippen molar-refractivity contribution in [1.29, 1.82) is 0 Å². The second-order valence-electron chi connectivity index (χ2n) is 13.9. The fourth-order valence-corrected chi connectivity index (χ4v) is 7.31. The van der Waals surface area contributed by atoms with Crippen LogP contribution in [0.15, 0.2) is 22.9 Å². The standard InChI is InChI=1S/C18H17F4N5O4.C17H18BrFN6O4/c1-25-17(29)16-9-6-26(3-2-11(9)24-27(16)5-8(7-28)31-25)18(30)23-12-4-10(19)13(20)15(22)14(12)21;1-23-16(27)15-10-7-24(17(28)21-13-4-14(18)20-5-11(13)19)3-2-12(10)22-25(15)6-9(8-26)29-23/h4,8,28H,2-3,5-7H2,1H3,(H,23,30);4-5,9,26H,2-3,6-8H2,1H3,(H,20,21,28)/t8-;9-/m00/s1. The van der Waals surface area contributed by atoms with E-state index < -0.39 is 70.9 Å². The summed E-state index contributed by atoms with van der Waals surface area (Å²) in [6, 6.07) is 0.331. The van der Waals surface area contributed by atoms with Crippen LogP contribution in [0, 0.1) is 29.1 Å². The summed E-state index contributed by atoms with van der Waals surface area (Å²) in [6.45, 7) is 0.287. The lowest BCUT2D eigenvalue weighted by Gasteiger charge is -2.27. The van der Waals surface area contributed by atoms with Gasteiger partial charge >= 0.3 is 12.1 Å². The quantitative estimate of drug-likeness (QED) is 0.101. The molecule has 0 radical (unpaired) electrons. The number of nitrogens with one attached hydrogen (secondary N) is 2. The number of hydrogen-bond donors (Lipinski definition) is 4. The largest absolute Gasteiger partial charge is 0.393 e. The first-order valence-electron chi connectivity index (χ1n) is 18.1. The molecule has 8 rings (SSSR count). The van der Waals surface area contributed by atoms with Crippen molar-refractivity contribution in [3.05, 3.63) is 85.9 Å². The molecule has 6 amide bonds. The zero-order valence-corrected chi connectivity index (χ0v) is 33.2. The molecule has 4 aliphatic rings. The monoisotopic (exact) mass is 911 g/mol. The van der Waals surface area contributed by atoms with Crippen LogP contribution in [0.2, 0.25) is 0 Å². The first-order chi connectivity index (χ1) is 28.6. The minimum Gasteiger partial charge on any atom is -0.393 e. The maximum absolute atomic E-state index is 13.9. The second kappa shape index (κ2) is 17.1. The van der Waals surface area contributed by atoms with Gasteiger partial charge in [-0.25, -0.2) is 46.7 Å². The lowest BCUT2D eigenvalue weighted by molar-refractivity contribution is -0.159. The summed E-state index contributed by atoms with van der Waals surface area (Å²) in [5.41, 5.74) is 2.03. The van der Waals surface area contributed by atoms with E-state index in [-0.39, 0.29) is 63.7 Å². The molecule has 60 heavy (non-hydrogen) atoms. The highest BCUT2D eigenvalue weighted by atomic mass is 79.9. The van der Waals surface area contributed by atoms with Gasteiger partial charge in [0, 0.05) is 57.2 Å². The van der Waals surface area contributed by atoms with Crippen LogP contribution in [0.3, 0.4) is 0 Å². The van der Waals surface area contributed by atoms with Gasteiger partial charge in [0.2, 0.25) is 0 Å². The molecule has 4 aliphatic heterocycles. The number of amides is 6. The molecule has 19 nitrogen and oxygen atoms in total. The Morgan fingerprint density at radius 2 is 1.23 bits per heavy atom. The number of carbonyl (C=O) groups is 4. The molecule has 0 spiro atoms. The Hall–Kier alpha value is -5.76. The number of nitrogens with zero attached hydrogens (tertiary/aromatic N) is 9. The molecule has 7 heterocycles. The van der Waals surface area contributed by atoms with Crippen molar-refractivity contribution in [3.63, 3.8) is 0 Å². The Labute approximate surface area is 344 Å². The van der Waals surface area contributed by atoms with Gasteiger partial charge in [-0.05, 0) is 22.0 Å². The van der Waals surface area contributed by atoms with Gasteiger partial charge in [-0.2, -0.15) is 10.2 Å². The number of benzene rings is 1. The van der Waals surface area contributed by atoms with Crippen molar-refractivity contribution in [3.8, 4) is 0 Å². The first kappa shape index (κ1) is 42.4. The molecule has 3 aromatic heterocycles. The molecule has 4 N–H and O–H groups in total. The van der Waals surface area contributed by atoms with Crippen molar-refractivity contribution in [1.82, 2.24) is 44.5 Å². The van der Waals surface area contributed by atoms with Gasteiger partial charge in [-0.3, -0.25) is 28.6 Å². The summed E-state index contributed by atoms with van der Waals surface area (Å²) in [6.07, 6.45) is 0.435. The van der Waals surface area contributed by atoms with Crippen LogP contribution in [0.5, 0.6) is 0 Å². The Balaban J connectivity index is 0.000000182. The van der Waals surface area contributed by atoms with Crippen molar-refractivity contribution in [2.75, 3.05) is 51.0 Å². The maximum atomic E-state index is 13.9. The van der Waals surface area contributed by atoms with E-state index in [1.54, 1.807) is 0 Å². The van der Waals surface area contributed by atoms with Crippen molar-refractivity contribution >= 4 is 51.2 Å². The minimum atomic E-state index is -2.04. The second-order valence-corrected chi connectivity index (χ2v) is 14.7. The van der Waals surface area contributed by atoms with Crippen LogP contribution < -0.4 is 10.6 Å². The highest BCUT2D eigenvalue weighted by Gasteiger charge is 2.37. The average Bonchev–Trinajstić information content (AvgIpc) is 3.71. The number of urea groups is 2. The molecule has 1 aromatic carbocycles. The summed E-state index contributed by atoms with van der Waals surface area (Å²) in [5.74, 6) is -8.97. The number of rotatable bonds is 4. The number of hydrogen-bond acceptors (Lipinski definition) is 11. The molecule has 2 atom stereocenters. The summed E-state index contributed by atoms with van der Waals surface area (Å²) in [5, 5.41) is 34.3. The highest BCUT2D eigenvalue weighted by Crippen LogP contribution is 2.30. The fraction of sp³-hybridized carbons (Fsp3) is 0.400. The molecular formula is C35H35BrF5N11O8. The Morgan fingerprint density at radius 1 is 0.750 bits per heavy atom. The van der Waals surface area contributed by atoms with Crippen LogP contribution in [-0.4, -0.2) is 131 Å². The number of hydroxylamine groups is 4. The van der Waals surface area contributed by atoms with Gasteiger partial charge in [-0.1, -0.05) is 0 Å². The van der Waals surface area contributed by atoms with Gasteiger partial charge in [0.1, 0.15) is 28.2 Å². The Morgan fingerprint density at radius 3 is 1.72 bits per heavy atom. The van der Waals surface area contributed by atoms with E-state index in [2.05, 4.69) is 36.4 Å². The molecule has 0 unspecified atom stereocenters. The molecular weight excluding hydrogens is 877 g/mol. The van der Waals surface area contributed by atoms with Gasteiger partial charge in [0.25, 0.3) is 11.8 Å². The van der Waals surface area contributed by atoms with Crippen molar-refractivity contribution in [2.45, 2.75) is 51.2 Å². The number of aromatic nitrogens is 5. The fourth-order valence-electron chi connectivity index (χ4n) is 6.98. The average molecular weight is 913 g/mol. The minimum absolute atomic E-state index is 0.00602. The number of halogens is 6. The smallest absolute Gasteiger partial charge is 0.322 e. The summed E-state index contributed by atoms with van der Waals surface area (Å²) >= 11 is 3.14. The molecule has 4 aromatic rings. The van der Waals surface area contributed by atoms with Gasteiger partial charge in [0.05, 0.1) is 68.4 Å². The first-order valence-corrected chi connectivity index (χ1v) is 18.9. The SMILES string of the molecule is CN1O[C@H](CO)Cn2nc3c(c2C1=O)CN(C(=O)Nc1cc(Br)ncc1F)CC3.CN1O[C@H](CO)Cn2nc3c(c2C1=O)CN(C(=O)Nc1cc(F)c(F)c(F)c1F)CC3. The normalized spacial score (nSPS) is 18.7. The predicted octanol–water partition coefficient (Wildman–Crippen LogP) is 2.56. The van der Waals surface area contributed by atoms with Gasteiger partial charge < -0.3 is 30.6 Å². The Kier molecular flexibility index (Phi) is 12.1. The van der Waals surface area contributed by atoms with E-state index in [9.17, 15) is 51.3 Å². The number of aliphatic hydroxyl groups is 2. The van der Waals surface area contributed by atoms with E-state index in [0.29, 0.717) is 46.1 Å². The number of anilines is 2. The summed E-state index contributed by atoms with van der Waals surface area (Å²) in [7, 11) is 2.85. The van der Waals surface area contributed by atoms with Crippen LogP contribution in [-0.2, 0) is 48.7 Å². The van der Waals surface area contributed by atoms with Gasteiger partial charge in [-0.15, -0.1) is 0 Å². The number of pyridine rings is 1. The summed E-state index contributed by atoms with van der Waals surface area (Å²) < 4.78 is 71.1. The van der Waals surface area contributed by atoms with E-state index in [0.717, 1.165) is 22.0 Å². The lowest BCUT2D eigenvalue weighted by Crippen LogP contribution is -2.40. The third-order valence-electron chi connectivity index (χ3n) is 9.94. The van der Waals surface area contributed by atoms with E-state index in [1.807, 2.05) is 5.32 Å².